The molecule has 4 saturated carbocycles. The van der Waals surface area contributed by atoms with Crippen molar-refractivity contribution in [2.24, 2.45) is 22.7 Å². The zero-order valence-electron chi connectivity index (χ0n) is 11.6. The van der Waals surface area contributed by atoms with E-state index in [2.05, 4.69) is 5.32 Å². The van der Waals surface area contributed by atoms with Gasteiger partial charge < -0.3 is 10.4 Å². The van der Waals surface area contributed by atoms with Crippen molar-refractivity contribution in [2.75, 3.05) is 6.54 Å². The van der Waals surface area contributed by atoms with E-state index >= 15 is 0 Å². The van der Waals surface area contributed by atoms with E-state index in [-0.39, 0.29) is 16.7 Å². The lowest BCUT2D eigenvalue weighted by atomic mass is 9.43. The predicted octanol–water partition coefficient (Wildman–Crippen LogP) is 2.18. The normalized spacial score (nSPS) is 43.2. The summed E-state index contributed by atoms with van der Waals surface area (Å²) in [4.78, 5) is 22.4. The fourth-order valence-corrected chi connectivity index (χ4v) is 5.70. The molecule has 4 bridgehead atoms. The van der Waals surface area contributed by atoms with Gasteiger partial charge in [-0.15, -0.1) is 0 Å². The van der Waals surface area contributed by atoms with Crippen LogP contribution in [-0.4, -0.2) is 23.5 Å². The van der Waals surface area contributed by atoms with Gasteiger partial charge in [-0.25, -0.2) is 0 Å². The number of hydrogen-bond donors (Lipinski definition) is 2. The second-order valence-corrected chi connectivity index (χ2v) is 7.44. The molecule has 106 valence electrons. The van der Waals surface area contributed by atoms with Crippen molar-refractivity contribution in [3.8, 4) is 0 Å². The highest BCUT2D eigenvalue weighted by molar-refractivity contribution is 5.72. The van der Waals surface area contributed by atoms with Crippen LogP contribution in [0, 0.1) is 22.7 Å². The number of hydrogen-bond acceptors (Lipinski definition) is 2. The Morgan fingerprint density at radius 1 is 1.16 bits per heavy atom. The van der Waals surface area contributed by atoms with Crippen LogP contribution >= 0.6 is 0 Å². The number of aliphatic carboxylic acids is 1. The number of amides is 1. The fraction of sp³-hybridized carbons (Fsp3) is 0.867. The maximum absolute atomic E-state index is 11.2. The summed E-state index contributed by atoms with van der Waals surface area (Å²) in [7, 11) is 0. The van der Waals surface area contributed by atoms with Gasteiger partial charge in [-0.2, -0.15) is 0 Å². The molecule has 2 N–H and O–H groups in total. The quantitative estimate of drug-likeness (QED) is 0.818. The van der Waals surface area contributed by atoms with E-state index in [4.69, 9.17) is 0 Å². The molecule has 2 unspecified atom stereocenters. The summed E-state index contributed by atoms with van der Waals surface area (Å²) in [5, 5.41) is 12.2. The van der Waals surface area contributed by atoms with Gasteiger partial charge in [-0.1, -0.05) is 0 Å². The van der Waals surface area contributed by atoms with Gasteiger partial charge in [-0.05, 0) is 61.2 Å². The molecule has 2 atom stereocenters. The minimum absolute atomic E-state index is 0.0222. The lowest BCUT2D eigenvalue weighted by Gasteiger charge is -2.62. The van der Waals surface area contributed by atoms with Crippen LogP contribution in [0.4, 0.5) is 0 Å². The second kappa shape index (κ2) is 4.22. The van der Waals surface area contributed by atoms with E-state index in [1.54, 1.807) is 6.92 Å². The third-order valence-corrected chi connectivity index (χ3v) is 5.54. The van der Waals surface area contributed by atoms with E-state index in [1.807, 2.05) is 0 Å². The third-order valence-electron chi connectivity index (χ3n) is 5.54. The Balaban J connectivity index is 1.80. The average molecular weight is 265 g/mol. The monoisotopic (exact) mass is 265 g/mol. The van der Waals surface area contributed by atoms with Crippen molar-refractivity contribution < 1.29 is 14.7 Å². The molecular weight excluding hydrogens is 242 g/mol. The van der Waals surface area contributed by atoms with E-state index in [0.29, 0.717) is 18.3 Å². The highest BCUT2D eigenvalue weighted by Crippen LogP contribution is 2.66. The van der Waals surface area contributed by atoms with Crippen molar-refractivity contribution in [1.29, 1.82) is 0 Å². The molecule has 0 spiro atoms. The van der Waals surface area contributed by atoms with E-state index < -0.39 is 5.97 Å². The number of carboxylic acid groups (broad SMARTS) is 1. The lowest BCUT2D eigenvalue weighted by molar-refractivity contribution is -0.152. The van der Waals surface area contributed by atoms with Crippen LogP contribution in [0.2, 0.25) is 0 Å². The van der Waals surface area contributed by atoms with Crippen LogP contribution in [0.25, 0.3) is 0 Å². The van der Waals surface area contributed by atoms with Crippen LogP contribution in [-0.2, 0) is 9.59 Å². The Bertz CT molecular complexity index is 404. The molecule has 0 heterocycles. The predicted molar refractivity (Wildman–Crippen MR) is 70.5 cm³/mol. The van der Waals surface area contributed by atoms with Gasteiger partial charge in [0.1, 0.15) is 0 Å². The fourth-order valence-electron chi connectivity index (χ4n) is 5.70. The zero-order valence-corrected chi connectivity index (χ0v) is 11.6. The highest BCUT2D eigenvalue weighted by atomic mass is 16.4. The summed E-state index contributed by atoms with van der Waals surface area (Å²) in [5.41, 5.74) is 0.208. The van der Waals surface area contributed by atoms with Gasteiger partial charge in [0.05, 0.1) is 6.42 Å². The molecule has 0 aromatic heterocycles. The first-order valence-corrected chi connectivity index (χ1v) is 7.37. The van der Waals surface area contributed by atoms with Crippen LogP contribution in [0.3, 0.4) is 0 Å². The first kappa shape index (κ1) is 12.9. The lowest BCUT2D eigenvalue weighted by Crippen LogP contribution is -2.55. The number of rotatable bonds is 4. The summed E-state index contributed by atoms with van der Waals surface area (Å²) in [6.45, 7) is 2.31. The highest BCUT2D eigenvalue weighted by Gasteiger charge is 2.57. The second-order valence-electron chi connectivity index (χ2n) is 7.44. The molecule has 0 aromatic rings. The molecule has 4 fully saturated rings. The number of carbonyl (C=O) groups excluding carboxylic acids is 1. The maximum Gasteiger partial charge on any atom is 0.303 e. The molecule has 4 aliphatic carbocycles. The number of nitrogens with one attached hydrogen (secondary N) is 1. The Morgan fingerprint density at radius 3 is 2.26 bits per heavy atom. The summed E-state index contributed by atoms with van der Waals surface area (Å²) in [6.07, 6.45) is 7.16. The third kappa shape index (κ3) is 2.37. The zero-order chi connectivity index (χ0) is 13.7. The van der Waals surface area contributed by atoms with Gasteiger partial charge in [0.2, 0.25) is 5.91 Å². The van der Waals surface area contributed by atoms with Crippen LogP contribution < -0.4 is 5.32 Å². The summed E-state index contributed by atoms with van der Waals surface area (Å²) >= 11 is 0. The summed E-state index contributed by atoms with van der Waals surface area (Å²) in [5.74, 6) is 0.753. The Hall–Kier alpha value is -1.06. The Morgan fingerprint density at radius 2 is 1.74 bits per heavy atom. The van der Waals surface area contributed by atoms with E-state index in [1.165, 1.54) is 19.3 Å². The molecule has 0 aromatic carbocycles. The Labute approximate surface area is 113 Å². The van der Waals surface area contributed by atoms with Crippen molar-refractivity contribution in [2.45, 2.75) is 51.9 Å². The minimum atomic E-state index is -0.656. The maximum atomic E-state index is 11.2. The van der Waals surface area contributed by atoms with Crippen molar-refractivity contribution in [3.05, 3.63) is 0 Å². The number of carbonyl (C=O) groups is 2. The molecule has 19 heavy (non-hydrogen) atoms. The van der Waals surface area contributed by atoms with Crippen LogP contribution in [0.15, 0.2) is 0 Å². The molecule has 4 aliphatic rings. The van der Waals surface area contributed by atoms with Gasteiger partial charge in [-0.3, -0.25) is 9.59 Å². The average Bonchev–Trinajstić information content (AvgIpc) is 2.22. The molecule has 0 saturated heterocycles. The van der Waals surface area contributed by atoms with Gasteiger partial charge in [0.25, 0.3) is 0 Å². The van der Waals surface area contributed by atoms with Gasteiger partial charge in [0, 0.05) is 13.5 Å². The molecule has 4 nitrogen and oxygen atoms in total. The molecule has 0 aliphatic heterocycles. The van der Waals surface area contributed by atoms with Crippen molar-refractivity contribution in [3.63, 3.8) is 0 Å². The summed E-state index contributed by atoms with van der Waals surface area (Å²) in [6, 6.07) is 0. The smallest absolute Gasteiger partial charge is 0.303 e. The first-order valence-electron chi connectivity index (χ1n) is 7.37. The van der Waals surface area contributed by atoms with E-state index in [0.717, 1.165) is 25.8 Å². The van der Waals surface area contributed by atoms with Crippen molar-refractivity contribution >= 4 is 11.9 Å². The van der Waals surface area contributed by atoms with Crippen LogP contribution in [0.5, 0.6) is 0 Å². The molecule has 0 radical (unpaired) electrons. The first-order chi connectivity index (χ1) is 8.90. The largest absolute Gasteiger partial charge is 0.481 e. The SMILES string of the molecule is CC(=O)NCC12CC3CC(C1)CC(CC(=O)O)(C3)C2. The molecule has 4 rings (SSSR count). The van der Waals surface area contributed by atoms with Crippen molar-refractivity contribution in [1.82, 2.24) is 5.32 Å². The van der Waals surface area contributed by atoms with Gasteiger partial charge in [0.15, 0.2) is 0 Å². The molecule has 1 amide bonds. The topological polar surface area (TPSA) is 66.4 Å². The van der Waals surface area contributed by atoms with E-state index in [9.17, 15) is 14.7 Å². The molecule has 4 heteroatoms. The molecular formula is C15H23NO3. The minimum Gasteiger partial charge on any atom is -0.481 e. The standard InChI is InChI=1S/C15H23NO3/c1-10(17)16-9-15-5-11-2-12(6-15)4-14(3-11,8-15)7-13(18)19/h11-12H,2-9H2,1H3,(H,16,17)(H,18,19). The van der Waals surface area contributed by atoms with Gasteiger partial charge >= 0.3 is 5.97 Å². The Kier molecular flexibility index (Phi) is 2.88. The number of carboxylic acids is 1. The summed E-state index contributed by atoms with van der Waals surface area (Å²) < 4.78 is 0. The van der Waals surface area contributed by atoms with Crippen LogP contribution in [0.1, 0.15) is 51.9 Å².